The van der Waals surface area contributed by atoms with Crippen LogP contribution in [0.25, 0.3) is 11.0 Å². The summed E-state index contributed by atoms with van der Waals surface area (Å²) in [5.74, 6) is 0.996. The van der Waals surface area contributed by atoms with Gasteiger partial charge in [0.15, 0.2) is 0 Å². The van der Waals surface area contributed by atoms with Crippen molar-refractivity contribution in [2.24, 2.45) is 0 Å². The largest absolute Gasteiger partial charge is 0.341 e. The van der Waals surface area contributed by atoms with Crippen LogP contribution in [0.2, 0.25) is 5.02 Å². The molecule has 0 atom stereocenters. The van der Waals surface area contributed by atoms with Gasteiger partial charge in [0.1, 0.15) is 5.82 Å². The fraction of sp³-hybridized carbons (Fsp3) is 0.500. The Labute approximate surface area is 136 Å². The van der Waals surface area contributed by atoms with Crippen LogP contribution in [0.5, 0.6) is 0 Å². The van der Waals surface area contributed by atoms with E-state index in [2.05, 4.69) is 9.97 Å². The molecule has 0 aliphatic heterocycles. The average Bonchev–Trinajstić information content (AvgIpc) is 2.79. The minimum atomic E-state index is -3.12. The second kappa shape index (κ2) is 6.95. The van der Waals surface area contributed by atoms with Crippen molar-refractivity contribution in [3.8, 4) is 0 Å². The van der Waals surface area contributed by atoms with Crippen LogP contribution >= 0.6 is 11.6 Å². The first kappa shape index (κ1) is 17.2. The van der Waals surface area contributed by atoms with Crippen molar-refractivity contribution >= 4 is 32.7 Å². The summed E-state index contributed by atoms with van der Waals surface area (Å²) in [6.45, 7) is 1.32. The second-order valence-corrected chi connectivity index (χ2v) is 8.27. The van der Waals surface area contributed by atoms with Gasteiger partial charge in [0.2, 0.25) is 10.0 Å². The van der Waals surface area contributed by atoms with Crippen LogP contribution in [0.15, 0.2) is 18.2 Å². The van der Waals surface area contributed by atoms with E-state index in [0.717, 1.165) is 16.9 Å². The van der Waals surface area contributed by atoms with E-state index in [1.807, 2.05) is 30.1 Å². The van der Waals surface area contributed by atoms with Crippen molar-refractivity contribution in [2.75, 3.05) is 33.4 Å². The van der Waals surface area contributed by atoms with Gasteiger partial charge in [-0.2, -0.15) is 0 Å². The molecule has 0 aliphatic rings. The Balaban J connectivity index is 1.89. The molecule has 122 valence electrons. The van der Waals surface area contributed by atoms with Gasteiger partial charge < -0.3 is 4.98 Å². The van der Waals surface area contributed by atoms with Crippen molar-refractivity contribution in [2.45, 2.75) is 13.0 Å². The summed E-state index contributed by atoms with van der Waals surface area (Å²) in [4.78, 5) is 9.77. The third kappa shape index (κ3) is 4.42. The Morgan fingerprint density at radius 3 is 2.68 bits per heavy atom. The molecule has 1 aromatic heterocycles. The van der Waals surface area contributed by atoms with Gasteiger partial charge in [0.25, 0.3) is 0 Å². The number of sulfonamides is 1. The molecular formula is C14H21ClN4O2S. The van der Waals surface area contributed by atoms with E-state index in [0.29, 0.717) is 24.5 Å². The van der Waals surface area contributed by atoms with E-state index in [1.54, 1.807) is 14.1 Å². The molecular weight excluding hydrogens is 324 g/mol. The molecule has 1 heterocycles. The van der Waals surface area contributed by atoms with Crippen molar-refractivity contribution in [3.63, 3.8) is 0 Å². The van der Waals surface area contributed by atoms with Crippen LogP contribution in [0, 0.1) is 0 Å². The van der Waals surface area contributed by atoms with Crippen LogP contribution in [-0.4, -0.2) is 61.0 Å². The summed E-state index contributed by atoms with van der Waals surface area (Å²) in [5, 5.41) is 0.671. The van der Waals surface area contributed by atoms with Gasteiger partial charge in [-0.15, -0.1) is 0 Å². The molecule has 2 rings (SSSR count). The second-order valence-electron chi connectivity index (χ2n) is 5.53. The SMILES string of the molecule is CN(CCCS(=O)(=O)N(C)C)Cc1nc2ccc(Cl)cc2[nH]1. The van der Waals surface area contributed by atoms with E-state index in [-0.39, 0.29) is 5.75 Å². The number of nitrogens with one attached hydrogen (secondary N) is 1. The lowest BCUT2D eigenvalue weighted by molar-refractivity contribution is 0.320. The molecule has 22 heavy (non-hydrogen) atoms. The van der Waals surface area contributed by atoms with Gasteiger partial charge in [0, 0.05) is 19.1 Å². The molecule has 0 unspecified atom stereocenters. The monoisotopic (exact) mass is 344 g/mol. The highest BCUT2D eigenvalue weighted by molar-refractivity contribution is 7.89. The summed E-state index contributed by atoms with van der Waals surface area (Å²) < 4.78 is 24.7. The molecule has 0 radical (unpaired) electrons. The number of rotatable bonds is 7. The summed E-state index contributed by atoms with van der Waals surface area (Å²) in [7, 11) is 1.93. The lowest BCUT2D eigenvalue weighted by Gasteiger charge is -2.16. The summed E-state index contributed by atoms with van der Waals surface area (Å²) in [6, 6.07) is 5.53. The highest BCUT2D eigenvalue weighted by Crippen LogP contribution is 2.17. The zero-order valence-corrected chi connectivity index (χ0v) is 14.6. The summed E-state index contributed by atoms with van der Waals surface area (Å²) in [5.41, 5.74) is 1.79. The third-order valence-corrected chi connectivity index (χ3v) is 5.56. The van der Waals surface area contributed by atoms with Gasteiger partial charge in [-0.05, 0) is 38.2 Å². The van der Waals surface area contributed by atoms with Crippen LogP contribution in [-0.2, 0) is 16.6 Å². The Kier molecular flexibility index (Phi) is 5.44. The highest BCUT2D eigenvalue weighted by Gasteiger charge is 2.14. The molecule has 0 bridgehead atoms. The van der Waals surface area contributed by atoms with E-state index in [1.165, 1.54) is 4.31 Å². The van der Waals surface area contributed by atoms with Crippen LogP contribution in [0.3, 0.4) is 0 Å². The van der Waals surface area contributed by atoms with E-state index >= 15 is 0 Å². The first-order valence-corrected chi connectivity index (χ1v) is 8.99. The van der Waals surface area contributed by atoms with Gasteiger partial charge in [-0.25, -0.2) is 17.7 Å². The predicted octanol–water partition coefficient (Wildman–Crippen LogP) is 1.93. The number of hydrogen-bond acceptors (Lipinski definition) is 4. The van der Waals surface area contributed by atoms with Gasteiger partial charge in [0.05, 0.1) is 23.3 Å². The van der Waals surface area contributed by atoms with Gasteiger partial charge in [-0.3, -0.25) is 4.90 Å². The maximum Gasteiger partial charge on any atom is 0.213 e. The van der Waals surface area contributed by atoms with Gasteiger partial charge >= 0.3 is 0 Å². The highest BCUT2D eigenvalue weighted by atomic mass is 35.5. The van der Waals surface area contributed by atoms with E-state index in [9.17, 15) is 8.42 Å². The lowest BCUT2D eigenvalue weighted by atomic mass is 10.3. The Morgan fingerprint density at radius 1 is 1.27 bits per heavy atom. The molecule has 0 aliphatic carbocycles. The molecule has 1 aromatic carbocycles. The summed E-state index contributed by atoms with van der Waals surface area (Å²) in [6.07, 6.45) is 0.586. The number of H-pyrrole nitrogens is 1. The number of aromatic nitrogens is 2. The fourth-order valence-electron chi connectivity index (χ4n) is 2.14. The minimum absolute atomic E-state index is 0.153. The topological polar surface area (TPSA) is 69.3 Å². The van der Waals surface area contributed by atoms with Crippen molar-refractivity contribution in [1.82, 2.24) is 19.2 Å². The van der Waals surface area contributed by atoms with Crippen molar-refractivity contribution in [3.05, 3.63) is 29.0 Å². The van der Waals surface area contributed by atoms with Crippen LogP contribution in [0.1, 0.15) is 12.2 Å². The Morgan fingerprint density at radius 2 is 2.00 bits per heavy atom. The van der Waals surface area contributed by atoms with E-state index < -0.39 is 10.0 Å². The summed E-state index contributed by atoms with van der Waals surface area (Å²) >= 11 is 5.95. The predicted molar refractivity (Wildman–Crippen MR) is 89.5 cm³/mol. The molecule has 0 amide bonds. The number of hydrogen-bond donors (Lipinski definition) is 1. The van der Waals surface area contributed by atoms with Gasteiger partial charge in [-0.1, -0.05) is 11.6 Å². The average molecular weight is 345 g/mol. The quantitative estimate of drug-likeness (QED) is 0.833. The molecule has 1 N–H and O–H groups in total. The maximum absolute atomic E-state index is 11.7. The normalized spacial score (nSPS) is 12.6. The van der Waals surface area contributed by atoms with E-state index in [4.69, 9.17) is 11.6 Å². The zero-order valence-electron chi connectivity index (χ0n) is 13.0. The van der Waals surface area contributed by atoms with Crippen LogP contribution in [0.4, 0.5) is 0 Å². The maximum atomic E-state index is 11.7. The molecule has 0 fully saturated rings. The number of benzene rings is 1. The smallest absolute Gasteiger partial charge is 0.213 e. The first-order valence-electron chi connectivity index (χ1n) is 7.01. The standard InChI is InChI=1S/C14H21ClN4O2S/c1-18(2)22(20,21)8-4-7-19(3)10-14-16-12-6-5-11(15)9-13(12)17-14/h5-6,9H,4,7-8,10H2,1-3H3,(H,16,17). The lowest BCUT2D eigenvalue weighted by Crippen LogP contribution is -2.28. The Bertz CT molecular complexity index is 742. The molecule has 0 saturated carbocycles. The number of aromatic amines is 1. The van der Waals surface area contributed by atoms with Crippen molar-refractivity contribution in [1.29, 1.82) is 0 Å². The fourth-order valence-corrected chi connectivity index (χ4v) is 3.17. The van der Waals surface area contributed by atoms with Crippen molar-refractivity contribution < 1.29 is 8.42 Å². The number of imidazole rings is 1. The number of fused-ring (bicyclic) bond motifs is 1. The minimum Gasteiger partial charge on any atom is -0.341 e. The third-order valence-electron chi connectivity index (χ3n) is 3.41. The number of nitrogens with zero attached hydrogens (tertiary/aromatic N) is 3. The van der Waals surface area contributed by atoms with Crippen LogP contribution < -0.4 is 0 Å². The Hall–Kier alpha value is -1.15. The molecule has 2 aromatic rings. The molecule has 6 nitrogen and oxygen atoms in total. The molecule has 0 saturated heterocycles. The zero-order chi connectivity index (χ0) is 16.3. The molecule has 8 heteroatoms. The first-order chi connectivity index (χ1) is 10.3. The number of halogens is 1. The molecule has 0 spiro atoms.